The molecule has 10 heteroatoms. The zero-order valence-electron chi connectivity index (χ0n) is 18.9. The number of piperidine rings is 1. The van der Waals surface area contributed by atoms with Crippen LogP contribution in [0.4, 0.5) is 0 Å². The van der Waals surface area contributed by atoms with E-state index in [-0.39, 0.29) is 12.1 Å². The van der Waals surface area contributed by atoms with Crippen LogP contribution in [0.2, 0.25) is 0 Å². The third-order valence-electron chi connectivity index (χ3n) is 6.45. The molecule has 2 aliphatic heterocycles. The Balaban J connectivity index is 1.46. The van der Waals surface area contributed by atoms with Crippen LogP contribution >= 0.6 is 0 Å². The van der Waals surface area contributed by atoms with Gasteiger partial charge in [0.15, 0.2) is 6.10 Å². The molecule has 1 aromatic rings. The largest absolute Gasteiger partial charge is 0.498 e. The van der Waals surface area contributed by atoms with E-state index in [2.05, 4.69) is 9.97 Å². The van der Waals surface area contributed by atoms with Gasteiger partial charge < -0.3 is 29.2 Å². The van der Waals surface area contributed by atoms with Gasteiger partial charge in [-0.3, -0.25) is 4.79 Å². The summed E-state index contributed by atoms with van der Waals surface area (Å²) < 4.78 is 17.7. The number of nitrogens with zero attached hydrogens (tertiary/aromatic N) is 3. The van der Waals surface area contributed by atoms with E-state index in [1.807, 2.05) is 27.7 Å². The second-order valence-electron chi connectivity index (χ2n) is 9.26. The molecule has 2 N–H and O–H groups in total. The molecule has 2 aliphatic rings. The van der Waals surface area contributed by atoms with Crippen LogP contribution in [0.15, 0.2) is 12.4 Å². The summed E-state index contributed by atoms with van der Waals surface area (Å²) in [5.41, 5.74) is -0.104. The van der Waals surface area contributed by atoms with Crippen LogP contribution in [0.3, 0.4) is 0 Å². The Bertz CT molecular complexity index is 729. The number of carbonyl (C=O) groups excluding carboxylic acids is 1. The fourth-order valence-corrected chi connectivity index (χ4v) is 3.84. The maximum Gasteiger partial charge on any atom is 0.498 e. The van der Waals surface area contributed by atoms with Crippen molar-refractivity contribution in [2.75, 3.05) is 19.8 Å². The first-order valence-corrected chi connectivity index (χ1v) is 11.0. The second kappa shape index (κ2) is 9.81. The van der Waals surface area contributed by atoms with Gasteiger partial charge >= 0.3 is 13.1 Å². The fourth-order valence-electron chi connectivity index (χ4n) is 3.84. The third-order valence-corrected chi connectivity index (χ3v) is 6.45. The molecule has 31 heavy (non-hydrogen) atoms. The van der Waals surface area contributed by atoms with Crippen molar-refractivity contribution in [1.82, 2.24) is 14.9 Å². The smallest absolute Gasteiger partial charge is 0.463 e. The maximum absolute atomic E-state index is 12.3. The average molecular weight is 435 g/mol. The molecule has 1 amide bonds. The summed E-state index contributed by atoms with van der Waals surface area (Å²) in [7, 11) is -0.511. The minimum atomic E-state index is -1.34. The number of rotatable bonds is 8. The first-order valence-electron chi connectivity index (χ1n) is 11.0. The highest BCUT2D eigenvalue weighted by atomic mass is 16.7. The van der Waals surface area contributed by atoms with Gasteiger partial charge in [-0.15, -0.1) is 0 Å². The lowest BCUT2D eigenvalue weighted by Gasteiger charge is -2.36. The average Bonchev–Trinajstić information content (AvgIpc) is 2.97. The number of aliphatic hydroxyl groups excluding tert-OH is 2. The normalized spacial score (nSPS) is 23.6. The van der Waals surface area contributed by atoms with Crippen LogP contribution in [0.5, 0.6) is 6.01 Å². The van der Waals surface area contributed by atoms with Crippen molar-refractivity contribution in [1.29, 1.82) is 0 Å². The highest BCUT2D eigenvalue weighted by Gasteiger charge is 2.52. The molecule has 2 fully saturated rings. The van der Waals surface area contributed by atoms with Crippen molar-refractivity contribution < 1.29 is 29.1 Å². The van der Waals surface area contributed by atoms with E-state index in [1.54, 1.807) is 17.3 Å². The summed E-state index contributed by atoms with van der Waals surface area (Å²) in [5, 5.41) is 18.7. The number of ether oxygens (including phenoxy) is 1. The molecule has 0 saturated carbocycles. The Morgan fingerprint density at radius 2 is 1.90 bits per heavy atom. The van der Waals surface area contributed by atoms with E-state index in [4.69, 9.17) is 19.2 Å². The van der Waals surface area contributed by atoms with E-state index < -0.39 is 36.9 Å². The lowest BCUT2D eigenvalue weighted by atomic mass is 9.81. The van der Waals surface area contributed by atoms with Crippen molar-refractivity contribution in [2.45, 2.75) is 83.1 Å². The van der Waals surface area contributed by atoms with Gasteiger partial charge in [0.05, 0.1) is 24.4 Å². The Labute approximate surface area is 184 Å². The number of likely N-dealkylation sites (tertiary alicyclic amines) is 1. The number of carbonyl (C=O) groups is 1. The lowest BCUT2D eigenvalue weighted by molar-refractivity contribution is -0.146. The summed E-state index contributed by atoms with van der Waals surface area (Å²) in [6.45, 7) is 8.48. The summed E-state index contributed by atoms with van der Waals surface area (Å²) in [6, 6.07) is 0.338. The van der Waals surface area contributed by atoms with Crippen molar-refractivity contribution in [2.24, 2.45) is 0 Å². The van der Waals surface area contributed by atoms with Crippen LogP contribution in [0.1, 0.15) is 59.8 Å². The predicted octanol–water partition coefficient (Wildman–Crippen LogP) is 0.669. The first kappa shape index (κ1) is 23.9. The number of hydrogen-bond donors (Lipinski definition) is 2. The summed E-state index contributed by atoms with van der Waals surface area (Å²) in [6.07, 6.45) is 6.32. The molecule has 2 atom stereocenters. The Morgan fingerprint density at radius 1 is 1.26 bits per heavy atom. The summed E-state index contributed by atoms with van der Waals surface area (Å²) in [4.78, 5) is 22.5. The van der Waals surface area contributed by atoms with Crippen molar-refractivity contribution >= 4 is 18.5 Å². The van der Waals surface area contributed by atoms with Crippen molar-refractivity contribution in [3.8, 4) is 6.01 Å². The fraction of sp³-hybridized carbons (Fsp3) is 0.762. The minimum absolute atomic E-state index is 0.0534. The molecule has 2 saturated heterocycles. The van der Waals surface area contributed by atoms with Gasteiger partial charge in [-0.05, 0) is 59.8 Å². The molecule has 9 nitrogen and oxygen atoms in total. The monoisotopic (exact) mass is 435 g/mol. The first-order chi connectivity index (χ1) is 14.6. The molecular weight excluding hydrogens is 401 g/mol. The second-order valence-corrected chi connectivity index (χ2v) is 9.26. The van der Waals surface area contributed by atoms with Crippen LogP contribution in [0, 0.1) is 0 Å². The highest BCUT2D eigenvalue weighted by Crippen LogP contribution is 2.36. The molecule has 0 aliphatic carbocycles. The van der Waals surface area contributed by atoms with Gasteiger partial charge in [-0.2, -0.15) is 0 Å². The quantitative estimate of drug-likeness (QED) is 0.453. The van der Waals surface area contributed by atoms with E-state index >= 15 is 0 Å². The zero-order chi connectivity index (χ0) is 22.6. The molecule has 3 heterocycles. The number of hydrogen-bond acceptors (Lipinski definition) is 8. The van der Waals surface area contributed by atoms with Gasteiger partial charge in [0.25, 0.3) is 5.91 Å². The molecule has 0 aromatic carbocycles. The van der Waals surface area contributed by atoms with Gasteiger partial charge in [0.1, 0.15) is 0 Å². The predicted molar refractivity (Wildman–Crippen MR) is 115 cm³/mol. The topological polar surface area (TPSA) is 114 Å². The van der Waals surface area contributed by atoms with E-state index in [1.165, 1.54) is 0 Å². The Morgan fingerprint density at radius 3 is 2.52 bits per heavy atom. The maximum atomic E-state index is 12.3. The van der Waals surface area contributed by atoms with Gasteiger partial charge in [-0.25, -0.2) is 9.97 Å². The number of aromatic nitrogens is 2. The SMILES string of the molecule is CC1(C)OB(c2cnc(OCCC[C@H]3CCCCN3C(=O)[C@H](O)CO)nc2)OC1(C)C. The van der Waals surface area contributed by atoms with Gasteiger partial charge in [-0.1, -0.05) is 0 Å². The van der Waals surface area contributed by atoms with Crippen LogP contribution < -0.4 is 10.2 Å². The Hall–Kier alpha value is -1.75. The molecule has 0 radical (unpaired) electrons. The van der Waals surface area contributed by atoms with Crippen molar-refractivity contribution in [3.05, 3.63) is 12.4 Å². The Kier molecular flexibility index (Phi) is 7.57. The molecule has 0 spiro atoms. The molecule has 0 unspecified atom stereocenters. The molecule has 0 bridgehead atoms. The standard InChI is InChI=1S/C21H34BN3O6/c1-20(2)21(3,4)31-22(30-20)15-12-23-19(24-13-15)29-11-7-9-16-8-5-6-10-25(16)18(28)17(27)14-26/h12-13,16-17,26-27H,5-11,14H2,1-4H3/t16-,17-/m1/s1. The third kappa shape index (κ3) is 5.55. The molecule has 3 rings (SSSR count). The van der Waals surface area contributed by atoms with Gasteiger partial charge in [0, 0.05) is 30.4 Å². The van der Waals surface area contributed by atoms with E-state index in [0.717, 1.165) is 37.6 Å². The van der Waals surface area contributed by atoms with Crippen LogP contribution in [0.25, 0.3) is 0 Å². The number of amides is 1. The number of aliphatic hydroxyl groups is 2. The van der Waals surface area contributed by atoms with Crippen LogP contribution in [-0.4, -0.2) is 81.2 Å². The molecule has 1 aromatic heterocycles. The molecule has 172 valence electrons. The van der Waals surface area contributed by atoms with E-state index in [0.29, 0.717) is 13.2 Å². The highest BCUT2D eigenvalue weighted by molar-refractivity contribution is 6.61. The van der Waals surface area contributed by atoms with E-state index in [9.17, 15) is 9.90 Å². The minimum Gasteiger partial charge on any atom is -0.463 e. The van der Waals surface area contributed by atoms with Gasteiger partial charge in [0.2, 0.25) is 0 Å². The van der Waals surface area contributed by atoms with Crippen molar-refractivity contribution in [3.63, 3.8) is 0 Å². The van der Waals surface area contributed by atoms with Crippen LogP contribution in [-0.2, 0) is 14.1 Å². The summed E-state index contributed by atoms with van der Waals surface area (Å²) in [5.74, 6) is -0.394. The molecular formula is C21H34BN3O6. The summed E-state index contributed by atoms with van der Waals surface area (Å²) >= 11 is 0. The zero-order valence-corrected chi connectivity index (χ0v) is 18.9. The lowest BCUT2D eigenvalue weighted by Crippen LogP contribution is -2.49.